The van der Waals surface area contributed by atoms with Crippen molar-refractivity contribution in [3.05, 3.63) is 0 Å². The molecule has 6 nitrogen and oxygen atoms in total. The highest BCUT2D eigenvalue weighted by molar-refractivity contribution is 6.06. The topological polar surface area (TPSA) is 86.7 Å². The zero-order valence-corrected chi connectivity index (χ0v) is 19.1. The number of hydrogen-bond acceptors (Lipinski definition) is 6. The molecule has 0 aliphatic heterocycles. The Hall–Kier alpha value is -1.72. The monoisotopic (exact) mass is 422 g/mol. The molecule has 0 aromatic rings. The van der Waals surface area contributed by atoms with Crippen molar-refractivity contribution in [3.63, 3.8) is 0 Å². The van der Waals surface area contributed by atoms with Crippen LogP contribution in [0.3, 0.4) is 0 Å². The Bertz CT molecular complexity index is 584. The maximum absolute atomic E-state index is 13.0. The van der Waals surface area contributed by atoms with E-state index >= 15 is 0 Å². The van der Waals surface area contributed by atoms with Gasteiger partial charge < -0.3 is 0 Å². The molecule has 0 heterocycles. The minimum atomic E-state index is -1.24. The maximum Gasteiger partial charge on any atom is 0.369 e. The molecule has 2 rings (SSSR count). The molecule has 0 aromatic carbocycles. The van der Waals surface area contributed by atoms with E-state index in [1.54, 1.807) is 0 Å². The molecule has 0 saturated heterocycles. The van der Waals surface area contributed by atoms with Gasteiger partial charge in [-0.1, -0.05) is 66.2 Å². The largest absolute Gasteiger partial charge is 0.369 e. The van der Waals surface area contributed by atoms with E-state index < -0.39 is 22.8 Å². The van der Waals surface area contributed by atoms with Gasteiger partial charge in [0.25, 0.3) is 0 Å². The molecule has 2 saturated carbocycles. The van der Waals surface area contributed by atoms with Crippen LogP contribution >= 0.6 is 0 Å². The van der Waals surface area contributed by atoms with Crippen LogP contribution in [0.1, 0.15) is 105 Å². The summed E-state index contributed by atoms with van der Waals surface area (Å²) >= 11 is 0. The first kappa shape index (κ1) is 24.5. The van der Waals surface area contributed by atoms with Crippen molar-refractivity contribution in [2.45, 2.75) is 105 Å². The van der Waals surface area contributed by atoms with Gasteiger partial charge in [0.1, 0.15) is 10.8 Å². The quantitative estimate of drug-likeness (QED) is 0.306. The third-order valence-corrected chi connectivity index (χ3v) is 7.45. The van der Waals surface area contributed by atoms with Gasteiger partial charge >= 0.3 is 11.9 Å². The number of Topliss-reactive ketones (excluding diaryl/α,β-unsaturated/α-hetero) is 2. The fourth-order valence-corrected chi connectivity index (χ4v) is 4.96. The summed E-state index contributed by atoms with van der Waals surface area (Å²) in [4.78, 5) is 62.2. The molecule has 0 amide bonds. The van der Waals surface area contributed by atoms with Gasteiger partial charge in [-0.25, -0.2) is 19.4 Å². The Kier molecular flexibility index (Phi) is 8.62. The first-order valence-corrected chi connectivity index (χ1v) is 11.8. The second-order valence-electron chi connectivity index (χ2n) is 9.37. The van der Waals surface area contributed by atoms with Gasteiger partial charge in [0.15, 0.2) is 11.6 Å². The average molecular weight is 423 g/mol. The van der Waals surface area contributed by atoms with E-state index in [1.165, 1.54) is 0 Å². The summed E-state index contributed by atoms with van der Waals surface area (Å²) in [5, 5.41) is 0. The highest BCUT2D eigenvalue weighted by Crippen LogP contribution is 2.43. The molecule has 170 valence electrons. The highest BCUT2D eigenvalue weighted by atomic mass is 17.2. The van der Waals surface area contributed by atoms with E-state index in [0.717, 1.165) is 38.5 Å². The van der Waals surface area contributed by atoms with Crippen LogP contribution < -0.4 is 0 Å². The van der Waals surface area contributed by atoms with Gasteiger partial charge in [0.2, 0.25) is 0 Å². The lowest BCUT2D eigenvalue weighted by molar-refractivity contribution is -0.274. The van der Waals surface area contributed by atoms with E-state index in [4.69, 9.17) is 9.78 Å². The second kappa shape index (κ2) is 10.5. The standard InChI is InChI=1S/C24H38O6/c1-5-17(3)19(25)23(13-9-7-10-14-23)21(27)29-30-22(28)24(15-11-8-12-16-24)20(26)18(4)6-2/h17-18H,5-16H2,1-4H3. The zero-order chi connectivity index (χ0) is 22.4. The van der Waals surface area contributed by atoms with E-state index in [-0.39, 0.29) is 23.4 Å². The van der Waals surface area contributed by atoms with Crippen molar-refractivity contribution in [1.29, 1.82) is 0 Å². The Morgan fingerprint density at radius 2 is 0.933 bits per heavy atom. The Morgan fingerprint density at radius 3 is 1.20 bits per heavy atom. The molecule has 2 aliphatic rings. The van der Waals surface area contributed by atoms with Crippen LogP contribution in [-0.4, -0.2) is 23.5 Å². The minimum absolute atomic E-state index is 0.131. The molecular formula is C24H38O6. The number of ketones is 2. The van der Waals surface area contributed by atoms with E-state index in [0.29, 0.717) is 38.5 Å². The van der Waals surface area contributed by atoms with Crippen molar-refractivity contribution < 1.29 is 29.0 Å². The molecule has 0 spiro atoms. The van der Waals surface area contributed by atoms with Gasteiger partial charge in [-0.3, -0.25) is 9.59 Å². The summed E-state index contributed by atoms with van der Waals surface area (Å²) in [5.41, 5.74) is -2.48. The minimum Gasteiger partial charge on any atom is -0.298 e. The van der Waals surface area contributed by atoms with E-state index in [9.17, 15) is 19.2 Å². The molecular weight excluding hydrogens is 384 g/mol. The Balaban J connectivity index is 2.17. The van der Waals surface area contributed by atoms with E-state index in [2.05, 4.69) is 0 Å². The fraction of sp³-hybridized carbons (Fsp3) is 0.833. The van der Waals surface area contributed by atoms with Gasteiger partial charge in [-0.05, 0) is 38.5 Å². The van der Waals surface area contributed by atoms with E-state index in [1.807, 2.05) is 27.7 Å². The number of rotatable bonds is 8. The highest BCUT2D eigenvalue weighted by Gasteiger charge is 2.52. The molecule has 2 aliphatic carbocycles. The first-order valence-electron chi connectivity index (χ1n) is 11.8. The van der Waals surface area contributed by atoms with Crippen molar-refractivity contribution in [2.75, 3.05) is 0 Å². The molecule has 6 heteroatoms. The SMILES string of the molecule is CCC(C)C(=O)C1(C(=O)OOC(=O)C2(C(=O)C(C)CC)CCCCC2)CCCCC1. The Morgan fingerprint density at radius 1 is 0.633 bits per heavy atom. The zero-order valence-electron chi connectivity index (χ0n) is 19.1. The number of carbonyl (C=O) groups excluding carboxylic acids is 4. The summed E-state index contributed by atoms with van der Waals surface area (Å²) in [6.07, 6.45) is 7.96. The first-order chi connectivity index (χ1) is 14.2. The lowest BCUT2D eigenvalue weighted by atomic mass is 9.68. The molecule has 0 radical (unpaired) electrons. The van der Waals surface area contributed by atoms with Crippen LogP contribution in [0.15, 0.2) is 0 Å². The van der Waals surface area contributed by atoms with Crippen molar-refractivity contribution in [2.24, 2.45) is 22.7 Å². The fourth-order valence-electron chi connectivity index (χ4n) is 4.96. The number of carbonyl (C=O) groups is 4. The van der Waals surface area contributed by atoms with Gasteiger partial charge in [0.05, 0.1) is 0 Å². The molecule has 30 heavy (non-hydrogen) atoms. The van der Waals surface area contributed by atoms with Crippen molar-refractivity contribution >= 4 is 23.5 Å². The molecule has 0 aromatic heterocycles. The summed E-state index contributed by atoms with van der Waals surface area (Å²) in [6.45, 7) is 7.47. The lowest BCUT2D eigenvalue weighted by Crippen LogP contribution is -2.47. The third kappa shape index (κ3) is 4.78. The molecule has 0 N–H and O–H groups in total. The molecule has 2 unspecified atom stereocenters. The summed E-state index contributed by atoms with van der Waals surface area (Å²) in [7, 11) is 0. The summed E-state index contributed by atoms with van der Waals surface area (Å²) < 4.78 is 0. The molecule has 2 atom stereocenters. The molecule has 0 bridgehead atoms. The predicted octanol–water partition coefficient (Wildman–Crippen LogP) is 5.12. The predicted molar refractivity (Wildman–Crippen MR) is 112 cm³/mol. The lowest BCUT2D eigenvalue weighted by Gasteiger charge is -2.36. The summed E-state index contributed by atoms with van der Waals surface area (Å²) in [5.74, 6) is -2.33. The van der Waals surface area contributed by atoms with Crippen LogP contribution in [0.2, 0.25) is 0 Å². The van der Waals surface area contributed by atoms with Gasteiger partial charge in [0, 0.05) is 11.8 Å². The summed E-state index contributed by atoms with van der Waals surface area (Å²) in [6, 6.07) is 0. The van der Waals surface area contributed by atoms with Gasteiger partial charge in [-0.2, -0.15) is 0 Å². The van der Waals surface area contributed by atoms with Crippen LogP contribution in [0.4, 0.5) is 0 Å². The average Bonchev–Trinajstić information content (AvgIpc) is 2.80. The van der Waals surface area contributed by atoms with Gasteiger partial charge in [-0.15, -0.1) is 0 Å². The van der Waals surface area contributed by atoms with Crippen LogP contribution in [0, 0.1) is 22.7 Å². The van der Waals surface area contributed by atoms with Crippen molar-refractivity contribution in [3.8, 4) is 0 Å². The van der Waals surface area contributed by atoms with Crippen molar-refractivity contribution in [1.82, 2.24) is 0 Å². The smallest absolute Gasteiger partial charge is 0.298 e. The maximum atomic E-state index is 13.0. The van der Waals surface area contributed by atoms with Crippen LogP contribution in [0.25, 0.3) is 0 Å². The third-order valence-electron chi connectivity index (χ3n) is 7.45. The normalized spacial score (nSPS) is 22.4. The van der Waals surface area contributed by atoms with Crippen LogP contribution in [0.5, 0.6) is 0 Å². The van der Waals surface area contributed by atoms with Crippen LogP contribution in [-0.2, 0) is 29.0 Å². The number of hydrogen-bond donors (Lipinski definition) is 0. The molecule has 2 fully saturated rings. The Labute approximate surface area is 180 Å². The second-order valence-corrected chi connectivity index (χ2v) is 9.37.